The number of carbonyl (C=O) groups is 3. The number of amides is 2. The summed E-state index contributed by atoms with van der Waals surface area (Å²) in [5.74, 6) is -2.03. The van der Waals surface area contributed by atoms with Crippen molar-refractivity contribution in [3.63, 3.8) is 0 Å². The summed E-state index contributed by atoms with van der Waals surface area (Å²) < 4.78 is 4.87. The Morgan fingerprint density at radius 3 is 2.58 bits per heavy atom. The molecule has 3 aliphatic rings. The van der Waals surface area contributed by atoms with E-state index in [1.54, 1.807) is 40.6 Å². The second kappa shape index (κ2) is 11.3. The molecular formula is C30H40N2O5S. The number of unbranched alkanes of at least 4 members (excludes halogenated alkanes) is 1. The molecule has 38 heavy (non-hydrogen) atoms. The minimum atomic E-state index is -0.815. The monoisotopic (exact) mass is 540 g/mol. The van der Waals surface area contributed by atoms with Crippen LogP contribution in [0.2, 0.25) is 0 Å². The molecule has 7 nitrogen and oxygen atoms in total. The molecule has 3 saturated heterocycles. The highest BCUT2D eigenvalue weighted by molar-refractivity contribution is 8.02. The van der Waals surface area contributed by atoms with Gasteiger partial charge >= 0.3 is 5.97 Å². The largest absolute Gasteiger partial charge is 0.465 e. The zero-order valence-corrected chi connectivity index (χ0v) is 23.7. The number of benzene rings is 1. The Bertz CT molecular complexity index is 1100. The molecule has 8 heteroatoms. The van der Waals surface area contributed by atoms with Gasteiger partial charge in [0.1, 0.15) is 6.04 Å². The van der Waals surface area contributed by atoms with Gasteiger partial charge in [-0.25, -0.2) is 0 Å². The lowest BCUT2D eigenvalue weighted by Gasteiger charge is -2.42. The molecule has 1 aromatic carbocycles. The molecule has 0 radical (unpaired) electrons. The number of ether oxygens (including phenoxy) is 1. The van der Waals surface area contributed by atoms with Crippen LogP contribution in [0, 0.1) is 31.6 Å². The molecule has 3 aliphatic heterocycles. The van der Waals surface area contributed by atoms with E-state index in [-0.39, 0.29) is 48.7 Å². The lowest BCUT2D eigenvalue weighted by atomic mass is 9.66. The fourth-order valence-electron chi connectivity index (χ4n) is 6.87. The maximum atomic E-state index is 14.7. The van der Waals surface area contributed by atoms with Crippen LogP contribution in [0.3, 0.4) is 0 Å². The quantitative estimate of drug-likeness (QED) is 0.259. The fourth-order valence-corrected chi connectivity index (χ4v) is 9.26. The SMILES string of the molecule is C=CCCCOC(=O)[C@@H]1[C@H]2C(=O)N([C@H](C)CO)C(C(=O)N(CC=C)c3c(C)cccc3C)C23S[C@@H]1CC3C. The first kappa shape index (κ1) is 28.4. The number of esters is 1. The van der Waals surface area contributed by atoms with Crippen molar-refractivity contribution < 1.29 is 24.2 Å². The van der Waals surface area contributed by atoms with Crippen LogP contribution in [0.25, 0.3) is 0 Å². The predicted octanol–water partition coefficient (Wildman–Crippen LogP) is 4.05. The number of likely N-dealkylation sites (tertiary alicyclic amines) is 1. The average molecular weight is 541 g/mol. The average Bonchev–Trinajstić information content (AvgIpc) is 3.48. The van der Waals surface area contributed by atoms with E-state index in [9.17, 15) is 19.5 Å². The summed E-state index contributed by atoms with van der Waals surface area (Å²) in [5, 5.41) is 10.1. The molecule has 7 atom stereocenters. The number of hydrogen-bond acceptors (Lipinski definition) is 6. The number of hydrogen-bond donors (Lipinski definition) is 1. The maximum Gasteiger partial charge on any atom is 0.310 e. The number of anilines is 1. The fraction of sp³-hybridized carbons (Fsp3) is 0.567. The number of carbonyl (C=O) groups excluding carboxylic acids is 3. The molecule has 0 aromatic heterocycles. The van der Waals surface area contributed by atoms with Gasteiger partial charge in [-0.1, -0.05) is 37.3 Å². The van der Waals surface area contributed by atoms with Crippen molar-refractivity contribution in [1.29, 1.82) is 0 Å². The lowest BCUT2D eigenvalue weighted by Crippen LogP contribution is -2.59. The van der Waals surface area contributed by atoms with Crippen molar-refractivity contribution in [1.82, 2.24) is 4.90 Å². The third-order valence-electron chi connectivity index (χ3n) is 8.51. The Labute approximate surface area is 230 Å². The van der Waals surface area contributed by atoms with Crippen molar-refractivity contribution in [3.8, 4) is 0 Å². The van der Waals surface area contributed by atoms with Crippen LogP contribution in [-0.2, 0) is 19.1 Å². The van der Waals surface area contributed by atoms with Gasteiger partial charge in [0.15, 0.2) is 0 Å². The molecule has 2 bridgehead atoms. The number of aryl methyl sites for hydroxylation is 2. The van der Waals surface area contributed by atoms with Gasteiger partial charge in [-0.05, 0) is 57.1 Å². The van der Waals surface area contributed by atoms with Crippen LogP contribution in [0.4, 0.5) is 5.69 Å². The second-order valence-electron chi connectivity index (χ2n) is 10.9. The number of fused-ring (bicyclic) bond motifs is 1. The van der Waals surface area contributed by atoms with E-state index in [0.717, 1.165) is 29.7 Å². The molecule has 3 fully saturated rings. The van der Waals surface area contributed by atoms with Gasteiger partial charge in [-0.3, -0.25) is 14.4 Å². The van der Waals surface area contributed by atoms with Crippen molar-refractivity contribution >= 4 is 35.2 Å². The minimum absolute atomic E-state index is 0.0321. The van der Waals surface area contributed by atoms with Gasteiger partial charge in [0.05, 0.1) is 35.8 Å². The normalized spacial score (nSPS) is 30.2. The summed E-state index contributed by atoms with van der Waals surface area (Å²) in [5.41, 5.74) is 2.72. The van der Waals surface area contributed by atoms with E-state index in [4.69, 9.17) is 4.74 Å². The molecule has 3 unspecified atom stereocenters. The zero-order valence-electron chi connectivity index (χ0n) is 22.9. The number of nitrogens with zero attached hydrogens (tertiary/aromatic N) is 2. The maximum absolute atomic E-state index is 14.7. The van der Waals surface area contributed by atoms with Crippen LogP contribution in [-0.4, -0.2) is 69.6 Å². The molecule has 1 aromatic rings. The number of aliphatic hydroxyl groups excluding tert-OH is 1. The van der Waals surface area contributed by atoms with Gasteiger partial charge in [0.25, 0.3) is 5.91 Å². The molecule has 4 rings (SSSR count). The molecule has 0 saturated carbocycles. The van der Waals surface area contributed by atoms with Gasteiger partial charge in [0, 0.05) is 17.5 Å². The Morgan fingerprint density at radius 1 is 1.29 bits per heavy atom. The summed E-state index contributed by atoms with van der Waals surface area (Å²) in [6.45, 7) is 15.7. The molecule has 3 heterocycles. The lowest BCUT2D eigenvalue weighted by molar-refractivity contribution is -0.155. The first-order chi connectivity index (χ1) is 18.1. The number of rotatable bonds is 11. The highest BCUT2D eigenvalue weighted by Crippen LogP contribution is 2.69. The van der Waals surface area contributed by atoms with Crippen LogP contribution < -0.4 is 4.90 Å². The number of aliphatic hydroxyl groups is 1. The first-order valence-electron chi connectivity index (χ1n) is 13.5. The predicted molar refractivity (Wildman–Crippen MR) is 151 cm³/mol. The van der Waals surface area contributed by atoms with Gasteiger partial charge < -0.3 is 19.6 Å². The van der Waals surface area contributed by atoms with Crippen LogP contribution in [0.5, 0.6) is 0 Å². The number of allylic oxidation sites excluding steroid dienone is 1. The Hall–Kier alpha value is -2.58. The van der Waals surface area contributed by atoms with E-state index in [1.807, 2.05) is 32.0 Å². The highest BCUT2D eigenvalue weighted by Gasteiger charge is 2.77. The van der Waals surface area contributed by atoms with Crippen LogP contribution in [0.1, 0.15) is 44.2 Å². The molecular weight excluding hydrogens is 500 g/mol. The van der Waals surface area contributed by atoms with Crippen molar-refractivity contribution in [2.45, 2.75) is 69.0 Å². The van der Waals surface area contributed by atoms with Gasteiger partial charge in [0.2, 0.25) is 5.91 Å². The smallest absolute Gasteiger partial charge is 0.310 e. The van der Waals surface area contributed by atoms with Crippen LogP contribution >= 0.6 is 11.8 Å². The zero-order chi connectivity index (χ0) is 27.8. The van der Waals surface area contributed by atoms with Crippen molar-refractivity contribution in [2.24, 2.45) is 17.8 Å². The van der Waals surface area contributed by atoms with E-state index >= 15 is 0 Å². The summed E-state index contributed by atoms with van der Waals surface area (Å²) in [4.78, 5) is 45.5. The number of thioether (sulfide) groups is 1. The molecule has 1 N–H and O–H groups in total. The van der Waals surface area contributed by atoms with E-state index in [1.165, 1.54) is 0 Å². The highest BCUT2D eigenvalue weighted by atomic mass is 32.2. The Balaban J connectivity index is 1.78. The third-order valence-corrected chi connectivity index (χ3v) is 10.6. The van der Waals surface area contributed by atoms with E-state index < -0.39 is 28.7 Å². The summed E-state index contributed by atoms with van der Waals surface area (Å²) in [6, 6.07) is 4.51. The van der Waals surface area contributed by atoms with Gasteiger partial charge in [-0.15, -0.1) is 24.9 Å². The van der Waals surface area contributed by atoms with E-state index in [0.29, 0.717) is 6.42 Å². The molecule has 206 valence electrons. The van der Waals surface area contributed by atoms with Crippen molar-refractivity contribution in [2.75, 3.05) is 24.7 Å². The van der Waals surface area contributed by atoms with Gasteiger partial charge in [-0.2, -0.15) is 0 Å². The summed E-state index contributed by atoms with van der Waals surface area (Å²) in [7, 11) is 0. The van der Waals surface area contributed by atoms with E-state index in [2.05, 4.69) is 20.1 Å². The topological polar surface area (TPSA) is 87.1 Å². The Morgan fingerprint density at radius 2 is 1.97 bits per heavy atom. The second-order valence-corrected chi connectivity index (χ2v) is 12.5. The summed E-state index contributed by atoms with van der Waals surface area (Å²) in [6.07, 6.45) is 5.64. The van der Waals surface area contributed by atoms with Crippen molar-refractivity contribution in [3.05, 3.63) is 54.6 Å². The van der Waals surface area contributed by atoms with Crippen LogP contribution in [0.15, 0.2) is 43.5 Å². The standard InChI is InChI=1S/C30H40N2O5S/c1-7-9-10-15-37-29(36)23-22-16-20(5)30(38-22)24(23)27(34)32(21(6)17-33)26(30)28(35)31(14-8-2)25-18(3)12-11-13-19(25)4/h7-8,11-13,20-24,26,33H,1-2,9-10,14-17H2,3-6H3/t20?,21-,22-,23+,24+,26?,30?/m1/s1. The molecule has 0 aliphatic carbocycles. The number of para-hydroxylation sites is 1. The molecule has 1 spiro atoms. The first-order valence-corrected chi connectivity index (χ1v) is 14.4. The Kier molecular flexibility index (Phi) is 8.43. The third kappa shape index (κ3) is 4.39. The summed E-state index contributed by atoms with van der Waals surface area (Å²) >= 11 is 1.61. The molecule has 2 amide bonds. The minimum Gasteiger partial charge on any atom is -0.465 e.